The molecule has 1 aromatic carbocycles. The Kier molecular flexibility index (Phi) is 2.48. The molecular weight excluding hydrogens is 261 g/mol. The van der Waals surface area contributed by atoms with Crippen LogP contribution in [0.4, 0.5) is 10.2 Å². The number of nitrogens with one attached hydrogen (secondary N) is 1. The van der Waals surface area contributed by atoms with E-state index in [-0.39, 0.29) is 5.82 Å². The van der Waals surface area contributed by atoms with Crippen LogP contribution >= 0.6 is 15.9 Å². The average molecular weight is 270 g/mol. The smallest absolute Gasteiger partial charge is 0.145 e. The van der Waals surface area contributed by atoms with Crippen LogP contribution in [0.1, 0.15) is 5.56 Å². The summed E-state index contributed by atoms with van der Waals surface area (Å²) in [6.45, 7) is 1.90. The molecule has 0 fully saturated rings. The monoisotopic (exact) mass is 269 g/mol. The summed E-state index contributed by atoms with van der Waals surface area (Å²) in [6, 6.07) is 4.56. The number of halogens is 2. The third kappa shape index (κ3) is 1.87. The Morgan fingerprint density at radius 2 is 2.13 bits per heavy atom. The van der Waals surface area contributed by atoms with E-state index in [9.17, 15) is 4.39 Å². The maximum absolute atomic E-state index is 13.2. The summed E-state index contributed by atoms with van der Waals surface area (Å²) >= 11 is 3.30. The maximum atomic E-state index is 13.2. The van der Waals surface area contributed by atoms with Crippen LogP contribution in [0, 0.1) is 12.7 Å². The molecular formula is C10H9BrFN3. The van der Waals surface area contributed by atoms with Gasteiger partial charge in [-0.15, -0.1) is 0 Å². The van der Waals surface area contributed by atoms with E-state index in [0.717, 1.165) is 15.6 Å². The number of hydrogen-bond acceptors (Lipinski definition) is 2. The minimum absolute atomic E-state index is 0.296. The highest BCUT2D eigenvalue weighted by Gasteiger charge is 2.09. The molecule has 3 nitrogen and oxygen atoms in total. The van der Waals surface area contributed by atoms with Crippen molar-refractivity contribution in [2.24, 2.45) is 0 Å². The summed E-state index contributed by atoms with van der Waals surface area (Å²) in [5, 5.41) is 6.56. The van der Waals surface area contributed by atoms with Crippen LogP contribution in [-0.4, -0.2) is 10.2 Å². The average Bonchev–Trinajstić information content (AvgIpc) is 2.58. The standard InChI is InChI=1S/C10H9BrFN3/c1-5-7(2-6(12)3-8(5)11)9-4-10(13)15-14-9/h2-4H,1H3,(H3,13,14,15). The summed E-state index contributed by atoms with van der Waals surface area (Å²) in [4.78, 5) is 0. The molecule has 2 rings (SSSR count). The molecule has 0 radical (unpaired) electrons. The number of aromatic amines is 1. The molecule has 0 atom stereocenters. The number of nitrogen functional groups attached to an aromatic ring is 1. The van der Waals surface area contributed by atoms with Crippen molar-refractivity contribution in [3.8, 4) is 11.3 Å². The van der Waals surface area contributed by atoms with Crippen molar-refractivity contribution >= 4 is 21.7 Å². The van der Waals surface area contributed by atoms with E-state index in [1.807, 2.05) is 6.92 Å². The molecule has 3 N–H and O–H groups in total. The Hall–Kier alpha value is -1.36. The van der Waals surface area contributed by atoms with Crippen LogP contribution in [0.3, 0.4) is 0 Å². The quantitative estimate of drug-likeness (QED) is 0.837. The first-order valence-corrected chi connectivity index (χ1v) is 5.14. The molecule has 1 heterocycles. The Morgan fingerprint density at radius 1 is 1.40 bits per heavy atom. The second kappa shape index (κ2) is 3.66. The van der Waals surface area contributed by atoms with Crippen molar-refractivity contribution in [2.45, 2.75) is 6.92 Å². The van der Waals surface area contributed by atoms with Gasteiger partial charge in [-0.3, -0.25) is 5.10 Å². The van der Waals surface area contributed by atoms with Crippen LogP contribution in [0.15, 0.2) is 22.7 Å². The van der Waals surface area contributed by atoms with Crippen LogP contribution in [0.2, 0.25) is 0 Å². The van der Waals surface area contributed by atoms with Gasteiger partial charge >= 0.3 is 0 Å². The molecule has 15 heavy (non-hydrogen) atoms. The number of rotatable bonds is 1. The molecule has 78 valence electrons. The third-order valence-electron chi connectivity index (χ3n) is 2.20. The number of nitrogens with zero attached hydrogens (tertiary/aromatic N) is 1. The molecule has 0 unspecified atom stereocenters. The van der Waals surface area contributed by atoms with Crippen LogP contribution in [-0.2, 0) is 0 Å². The van der Waals surface area contributed by atoms with E-state index in [0.29, 0.717) is 11.5 Å². The lowest BCUT2D eigenvalue weighted by Crippen LogP contribution is -1.87. The second-order valence-electron chi connectivity index (χ2n) is 3.27. The fraction of sp³-hybridized carbons (Fsp3) is 0.100. The van der Waals surface area contributed by atoms with Gasteiger partial charge in [-0.05, 0) is 24.6 Å². The van der Waals surface area contributed by atoms with Crippen molar-refractivity contribution in [3.05, 3.63) is 34.1 Å². The first-order chi connectivity index (χ1) is 7.08. The van der Waals surface area contributed by atoms with Gasteiger partial charge in [0.1, 0.15) is 11.6 Å². The van der Waals surface area contributed by atoms with E-state index in [2.05, 4.69) is 26.1 Å². The highest BCUT2D eigenvalue weighted by Crippen LogP contribution is 2.29. The first kappa shape index (κ1) is 10.2. The van der Waals surface area contributed by atoms with Gasteiger partial charge in [-0.25, -0.2) is 4.39 Å². The number of aromatic nitrogens is 2. The lowest BCUT2D eigenvalue weighted by Gasteiger charge is -2.05. The highest BCUT2D eigenvalue weighted by atomic mass is 79.9. The Morgan fingerprint density at radius 3 is 2.73 bits per heavy atom. The molecule has 0 saturated carbocycles. The summed E-state index contributed by atoms with van der Waals surface area (Å²) in [5.41, 5.74) is 7.91. The zero-order chi connectivity index (χ0) is 11.0. The molecule has 0 bridgehead atoms. The van der Waals surface area contributed by atoms with Crippen molar-refractivity contribution in [2.75, 3.05) is 5.73 Å². The van der Waals surface area contributed by atoms with E-state index in [4.69, 9.17) is 5.73 Å². The van der Waals surface area contributed by atoms with Crippen molar-refractivity contribution in [1.82, 2.24) is 10.2 Å². The molecule has 2 aromatic rings. The molecule has 0 aliphatic heterocycles. The molecule has 0 aliphatic rings. The maximum Gasteiger partial charge on any atom is 0.145 e. The molecule has 0 amide bonds. The van der Waals surface area contributed by atoms with Gasteiger partial charge in [0.2, 0.25) is 0 Å². The fourth-order valence-corrected chi connectivity index (χ4v) is 1.83. The zero-order valence-electron chi connectivity index (χ0n) is 8.01. The first-order valence-electron chi connectivity index (χ1n) is 4.35. The lowest BCUT2D eigenvalue weighted by molar-refractivity contribution is 0.627. The molecule has 0 saturated heterocycles. The van der Waals surface area contributed by atoms with Crippen LogP contribution in [0.25, 0.3) is 11.3 Å². The lowest BCUT2D eigenvalue weighted by atomic mass is 10.1. The summed E-state index contributed by atoms with van der Waals surface area (Å²) in [6.07, 6.45) is 0. The van der Waals surface area contributed by atoms with Gasteiger partial charge in [0, 0.05) is 16.1 Å². The Bertz CT molecular complexity index is 507. The third-order valence-corrected chi connectivity index (χ3v) is 3.02. The van der Waals surface area contributed by atoms with Crippen molar-refractivity contribution in [1.29, 1.82) is 0 Å². The summed E-state index contributed by atoms with van der Waals surface area (Å²) in [7, 11) is 0. The van der Waals surface area contributed by atoms with E-state index in [1.54, 1.807) is 6.07 Å². The number of nitrogens with two attached hydrogens (primary N) is 1. The van der Waals surface area contributed by atoms with E-state index < -0.39 is 0 Å². The number of H-pyrrole nitrogens is 1. The van der Waals surface area contributed by atoms with Gasteiger partial charge in [0.15, 0.2) is 0 Å². The molecule has 1 aromatic heterocycles. The van der Waals surface area contributed by atoms with E-state index in [1.165, 1.54) is 12.1 Å². The van der Waals surface area contributed by atoms with Crippen LogP contribution in [0.5, 0.6) is 0 Å². The minimum Gasteiger partial charge on any atom is -0.382 e. The molecule has 5 heteroatoms. The molecule has 0 aliphatic carbocycles. The van der Waals surface area contributed by atoms with Gasteiger partial charge in [0.25, 0.3) is 0 Å². The molecule has 0 spiro atoms. The van der Waals surface area contributed by atoms with Gasteiger partial charge in [-0.1, -0.05) is 15.9 Å². The van der Waals surface area contributed by atoms with Gasteiger partial charge < -0.3 is 5.73 Å². The zero-order valence-corrected chi connectivity index (χ0v) is 9.60. The fourth-order valence-electron chi connectivity index (χ4n) is 1.40. The highest BCUT2D eigenvalue weighted by molar-refractivity contribution is 9.10. The Balaban J connectivity index is 2.62. The summed E-state index contributed by atoms with van der Waals surface area (Å²) in [5.74, 6) is 0.0976. The van der Waals surface area contributed by atoms with Crippen molar-refractivity contribution in [3.63, 3.8) is 0 Å². The van der Waals surface area contributed by atoms with E-state index >= 15 is 0 Å². The summed E-state index contributed by atoms with van der Waals surface area (Å²) < 4.78 is 13.9. The van der Waals surface area contributed by atoms with Crippen molar-refractivity contribution < 1.29 is 4.39 Å². The topological polar surface area (TPSA) is 54.7 Å². The number of anilines is 1. The second-order valence-corrected chi connectivity index (χ2v) is 4.12. The largest absolute Gasteiger partial charge is 0.382 e. The Labute approximate surface area is 94.6 Å². The predicted molar refractivity (Wildman–Crippen MR) is 60.8 cm³/mol. The van der Waals surface area contributed by atoms with Crippen LogP contribution < -0.4 is 5.73 Å². The minimum atomic E-state index is -0.296. The number of benzene rings is 1. The SMILES string of the molecule is Cc1c(Br)cc(F)cc1-c1cc(N)n[nH]1. The predicted octanol–water partition coefficient (Wildman–Crippen LogP) is 2.87. The van der Waals surface area contributed by atoms with Gasteiger partial charge in [0.05, 0.1) is 5.69 Å². The van der Waals surface area contributed by atoms with Gasteiger partial charge in [-0.2, -0.15) is 5.10 Å². The number of hydrogen-bond donors (Lipinski definition) is 2. The normalized spacial score (nSPS) is 10.6.